The molecule has 10 rings (SSSR count). The van der Waals surface area contributed by atoms with Crippen LogP contribution in [0.25, 0.3) is 0 Å². The molecule has 0 saturated carbocycles. The number of fused-ring (bicyclic) bond motifs is 11. The Morgan fingerprint density at radius 1 is 0.848 bits per heavy atom. The summed E-state index contributed by atoms with van der Waals surface area (Å²) >= 11 is 4.37. The summed E-state index contributed by atoms with van der Waals surface area (Å²) in [6, 6.07) is 14.7. The van der Waals surface area contributed by atoms with Crippen molar-refractivity contribution < 1.29 is 29.4 Å². The van der Waals surface area contributed by atoms with Gasteiger partial charge >= 0.3 is 0 Å². The molecule has 8 aliphatic rings. The third kappa shape index (κ3) is 2.77. The Kier molecular flexibility index (Phi) is 5.76. The quantitative estimate of drug-likeness (QED) is 0.232. The largest absolute Gasteiger partial charge is 0.392 e. The number of carbonyl (C=O) groups excluding carboxylic acids is 4. The normalized spacial score (nSPS) is 41.2. The molecule has 4 amide bonds. The number of nitrogens with zero attached hydrogens (tertiary/aromatic N) is 4. The average Bonchev–Trinajstić information content (AvgIpc) is 3.77. The zero-order valence-corrected chi connectivity index (χ0v) is 28.0. The maximum atomic E-state index is 14.6. The van der Waals surface area contributed by atoms with Crippen molar-refractivity contribution in [3.05, 3.63) is 59.7 Å². The minimum Gasteiger partial charge on any atom is -0.392 e. The number of nitrogens with one attached hydrogen (secondary N) is 2. The van der Waals surface area contributed by atoms with Crippen molar-refractivity contribution in [2.45, 2.75) is 56.7 Å². The average molecular weight is 699 g/mol. The van der Waals surface area contributed by atoms with Gasteiger partial charge in [0, 0.05) is 31.9 Å². The lowest BCUT2D eigenvalue weighted by atomic mass is 9.54. The smallest absolute Gasteiger partial charge is 0.265 e. The van der Waals surface area contributed by atoms with E-state index in [2.05, 4.69) is 22.3 Å². The van der Waals surface area contributed by atoms with Crippen LogP contribution in [-0.4, -0.2) is 114 Å². The lowest BCUT2D eigenvalue weighted by molar-refractivity contribution is -0.166. The predicted octanol–water partition coefficient (Wildman–Crippen LogP) is 1.19. The number of para-hydroxylation sites is 2. The van der Waals surface area contributed by atoms with Gasteiger partial charge in [0.2, 0.25) is 15.6 Å². The molecule has 0 radical (unpaired) electrons. The van der Waals surface area contributed by atoms with Crippen molar-refractivity contribution in [2.24, 2.45) is 0 Å². The molecule has 8 aliphatic heterocycles. The summed E-state index contributed by atoms with van der Waals surface area (Å²) in [6.45, 7) is -1.17. The van der Waals surface area contributed by atoms with E-state index in [4.69, 9.17) is 0 Å². The summed E-state index contributed by atoms with van der Waals surface area (Å²) in [5.74, 6) is -1.37. The summed E-state index contributed by atoms with van der Waals surface area (Å²) in [5.41, 5.74) is 1.36. The summed E-state index contributed by atoms with van der Waals surface area (Å²) in [7, 11) is 6.46. The number of benzene rings is 2. The van der Waals surface area contributed by atoms with Crippen molar-refractivity contribution in [2.75, 3.05) is 37.9 Å². The number of likely N-dealkylation sites (N-methyl/N-ethyl adjacent to an activating group) is 2. The minimum atomic E-state index is -1.63. The summed E-state index contributed by atoms with van der Waals surface area (Å²) < 4.78 is 0. The topological polar surface area (TPSA) is 146 Å². The van der Waals surface area contributed by atoms with Crippen molar-refractivity contribution in [3.8, 4) is 0 Å². The van der Waals surface area contributed by atoms with Crippen LogP contribution in [0, 0.1) is 0 Å². The number of anilines is 2. The number of aliphatic hydroxyl groups is 2. The number of piperazine rings is 2. The van der Waals surface area contributed by atoms with Crippen LogP contribution in [0.5, 0.6) is 0 Å². The molecule has 240 valence electrons. The van der Waals surface area contributed by atoms with Crippen LogP contribution in [0.15, 0.2) is 48.5 Å². The van der Waals surface area contributed by atoms with Crippen LogP contribution in [0.4, 0.5) is 11.4 Å². The molecule has 4 N–H and O–H groups in total. The van der Waals surface area contributed by atoms with E-state index < -0.39 is 62.9 Å². The highest BCUT2D eigenvalue weighted by Gasteiger charge is 2.84. The molecule has 0 aliphatic carbocycles. The van der Waals surface area contributed by atoms with E-state index in [0.717, 1.165) is 33.3 Å². The Morgan fingerprint density at radius 3 is 2.11 bits per heavy atom. The van der Waals surface area contributed by atoms with Gasteiger partial charge in [0.25, 0.3) is 17.7 Å². The van der Waals surface area contributed by atoms with Crippen molar-refractivity contribution in [3.63, 3.8) is 0 Å². The monoisotopic (exact) mass is 698 g/mol. The number of thiol groups is 1. The predicted molar refractivity (Wildman–Crippen MR) is 177 cm³/mol. The first-order valence-electron chi connectivity index (χ1n) is 14.9. The molecule has 8 heterocycles. The van der Waals surface area contributed by atoms with Gasteiger partial charge in [0.1, 0.15) is 18.4 Å². The Morgan fingerprint density at radius 2 is 1.48 bits per heavy atom. The third-order valence-electron chi connectivity index (χ3n) is 11.8. The van der Waals surface area contributed by atoms with Gasteiger partial charge in [0.15, 0.2) is 4.87 Å². The van der Waals surface area contributed by atoms with Gasteiger partial charge in [0.05, 0.1) is 24.0 Å². The first-order valence-corrected chi connectivity index (χ1v) is 18.9. The standard InChI is InChI=1S/C30H30N6O6S4/c1-33-20(39)19-11-26(15-7-3-5-9-17(15)31-21(26)35(19)24(41)29(33,13-37)44-43)27-12-28-23(40)34(2)30(14-38,46-45-28)25(42)36(28)22(27)32-18-10-6-4-8-16(18)27/h3-10,19,21-22,31-32,37-38,43H,11-14H2,1-2H3/t19?,21?,22?,26?,27?,28?,29-,30-/m1/s1. The van der Waals surface area contributed by atoms with Crippen LogP contribution in [0.1, 0.15) is 24.0 Å². The van der Waals surface area contributed by atoms with Gasteiger partial charge in [-0.05, 0) is 40.5 Å². The second kappa shape index (κ2) is 9.02. The molecule has 8 atom stereocenters. The van der Waals surface area contributed by atoms with E-state index >= 15 is 0 Å². The number of rotatable bonds is 4. The number of hydrogen-bond acceptors (Lipinski definition) is 12. The van der Waals surface area contributed by atoms with Gasteiger partial charge < -0.3 is 35.5 Å². The van der Waals surface area contributed by atoms with Gasteiger partial charge in [-0.25, -0.2) is 0 Å². The SMILES string of the molecule is CN1C(=O)C2CC3(C45CC67SS[C@](CO)(C(=O)N6C4Nc4ccccc45)N(C)C7=O)c4ccccc4NC3N2C(=O)[C@@]1(CO)SS. The highest BCUT2D eigenvalue weighted by Crippen LogP contribution is 2.75. The summed E-state index contributed by atoms with van der Waals surface area (Å²) in [5, 5.41) is 28.4. The zero-order valence-electron chi connectivity index (χ0n) is 24.7. The molecule has 2 bridgehead atoms. The molecule has 6 saturated heterocycles. The molecule has 16 heteroatoms. The number of aliphatic hydroxyl groups excluding tert-OH is 2. The maximum Gasteiger partial charge on any atom is 0.265 e. The van der Waals surface area contributed by atoms with E-state index in [1.54, 1.807) is 16.8 Å². The lowest BCUT2D eigenvalue weighted by Gasteiger charge is -2.57. The van der Waals surface area contributed by atoms with Gasteiger partial charge in [-0.2, -0.15) is 0 Å². The fourth-order valence-corrected chi connectivity index (χ4v) is 14.5. The first kappa shape index (κ1) is 29.4. The van der Waals surface area contributed by atoms with E-state index in [1.165, 1.54) is 38.4 Å². The van der Waals surface area contributed by atoms with E-state index in [0.29, 0.717) is 0 Å². The molecular formula is C30H30N6O6S4. The van der Waals surface area contributed by atoms with Gasteiger partial charge in [-0.3, -0.25) is 24.1 Å². The lowest BCUT2D eigenvalue weighted by Crippen LogP contribution is -2.77. The molecule has 46 heavy (non-hydrogen) atoms. The van der Waals surface area contributed by atoms with Crippen molar-refractivity contribution in [1.82, 2.24) is 19.6 Å². The second-order valence-corrected chi connectivity index (χ2v) is 17.2. The molecule has 2 aromatic carbocycles. The van der Waals surface area contributed by atoms with Crippen LogP contribution in [0.2, 0.25) is 0 Å². The van der Waals surface area contributed by atoms with Gasteiger partial charge in [-0.1, -0.05) is 58.0 Å². The molecule has 12 nitrogen and oxygen atoms in total. The highest BCUT2D eigenvalue weighted by atomic mass is 33.1. The Bertz CT molecular complexity index is 1800. The maximum absolute atomic E-state index is 14.6. The number of hydrogen-bond donors (Lipinski definition) is 5. The Hall–Kier alpha value is -2.76. The zero-order chi connectivity index (χ0) is 32.2. The molecule has 6 fully saturated rings. The molecule has 0 aromatic heterocycles. The van der Waals surface area contributed by atoms with E-state index in [-0.39, 0.29) is 30.6 Å². The molecule has 2 aromatic rings. The van der Waals surface area contributed by atoms with E-state index in [1.807, 2.05) is 48.5 Å². The summed E-state index contributed by atoms with van der Waals surface area (Å²) in [6.07, 6.45) is -1.08. The molecule has 6 unspecified atom stereocenters. The number of amides is 4. The fraction of sp³-hybridized carbons (Fsp3) is 0.467. The molecular weight excluding hydrogens is 669 g/mol. The number of carbonyl (C=O) groups is 4. The second-order valence-electron chi connectivity index (χ2n) is 13.1. The molecule has 1 spiro atoms. The van der Waals surface area contributed by atoms with E-state index in [9.17, 15) is 29.4 Å². The summed E-state index contributed by atoms with van der Waals surface area (Å²) in [4.78, 5) is 59.6. The third-order valence-corrected chi connectivity index (χ3v) is 17.2. The minimum absolute atomic E-state index is 0.209. The Labute approximate surface area is 281 Å². The Balaban J connectivity index is 1.34. The van der Waals surface area contributed by atoms with Crippen molar-refractivity contribution in [1.29, 1.82) is 0 Å². The van der Waals surface area contributed by atoms with Crippen LogP contribution in [0.3, 0.4) is 0 Å². The van der Waals surface area contributed by atoms with Crippen LogP contribution >= 0.6 is 44.0 Å². The highest BCUT2D eigenvalue weighted by molar-refractivity contribution is 8.78. The first-order chi connectivity index (χ1) is 22.1. The van der Waals surface area contributed by atoms with Crippen LogP contribution in [-0.2, 0) is 30.0 Å². The van der Waals surface area contributed by atoms with Gasteiger partial charge in [-0.15, -0.1) is 11.7 Å². The van der Waals surface area contributed by atoms with Crippen molar-refractivity contribution >= 4 is 79.0 Å². The fourth-order valence-electron chi connectivity index (χ4n) is 9.67. The van der Waals surface area contributed by atoms with Crippen LogP contribution < -0.4 is 10.6 Å².